The Labute approximate surface area is 124 Å². The number of fused-ring (bicyclic) bond motifs is 1. The summed E-state index contributed by atoms with van der Waals surface area (Å²) in [5.74, 6) is 1.31. The predicted molar refractivity (Wildman–Crippen MR) is 82.7 cm³/mol. The molecule has 3 rings (SSSR count). The quantitative estimate of drug-likeness (QED) is 0.684. The normalized spacial score (nSPS) is 10.7. The lowest BCUT2D eigenvalue weighted by Gasteiger charge is -2.08. The van der Waals surface area contributed by atoms with Gasteiger partial charge >= 0.3 is 0 Å². The molecule has 0 fully saturated rings. The van der Waals surface area contributed by atoms with Crippen molar-refractivity contribution in [3.63, 3.8) is 0 Å². The van der Waals surface area contributed by atoms with E-state index in [9.17, 15) is 0 Å². The zero-order valence-electron chi connectivity index (χ0n) is 10.8. The Morgan fingerprint density at radius 2 is 2.20 bits per heavy atom. The summed E-state index contributed by atoms with van der Waals surface area (Å²) in [6.45, 7) is 0.680. The third-order valence-electron chi connectivity index (χ3n) is 2.88. The van der Waals surface area contributed by atoms with Gasteiger partial charge in [0.1, 0.15) is 5.82 Å². The summed E-state index contributed by atoms with van der Waals surface area (Å²) >= 11 is 3.47. The SMILES string of the molecule is CNc1nc(NCc2cccc(Br)c2)c2cn[nH]c2n1. The summed E-state index contributed by atoms with van der Waals surface area (Å²) in [5, 5.41) is 14.0. The molecule has 0 aliphatic heterocycles. The highest BCUT2D eigenvalue weighted by molar-refractivity contribution is 9.10. The minimum atomic E-state index is 0.554. The molecule has 0 bridgehead atoms. The average molecular weight is 333 g/mol. The van der Waals surface area contributed by atoms with Crippen LogP contribution in [0.4, 0.5) is 11.8 Å². The van der Waals surface area contributed by atoms with Crippen molar-refractivity contribution in [3.8, 4) is 0 Å². The Hall–Kier alpha value is -2.15. The van der Waals surface area contributed by atoms with Crippen LogP contribution < -0.4 is 10.6 Å². The monoisotopic (exact) mass is 332 g/mol. The van der Waals surface area contributed by atoms with Gasteiger partial charge in [-0.25, -0.2) is 0 Å². The highest BCUT2D eigenvalue weighted by atomic mass is 79.9. The topological polar surface area (TPSA) is 78.5 Å². The van der Waals surface area contributed by atoms with Crippen LogP contribution in [0.3, 0.4) is 0 Å². The fourth-order valence-electron chi connectivity index (χ4n) is 1.91. The number of aromatic nitrogens is 4. The third kappa shape index (κ3) is 2.57. The Kier molecular flexibility index (Phi) is 3.51. The van der Waals surface area contributed by atoms with Gasteiger partial charge in [-0.2, -0.15) is 15.1 Å². The van der Waals surface area contributed by atoms with Crippen molar-refractivity contribution in [2.75, 3.05) is 17.7 Å². The van der Waals surface area contributed by atoms with Crippen molar-refractivity contribution in [3.05, 3.63) is 40.5 Å². The van der Waals surface area contributed by atoms with E-state index in [4.69, 9.17) is 0 Å². The molecule has 0 radical (unpaired) electrons. The minimum absolute atomic E-state index is 0.554. The molecule has 0 atom stereocenters. The zero-order valence-corrected chi connectivity index (χ0v) is 12.4. The molecular formula is C13H13BrN6. The number of benzene rings is 1. The molecule has 0 unspecified atom stereocenters. The molecule has 0 aliphatic carbocycles. The van der Waals surface area contributed by atoms with Crippen LogP contribution in [0.5, 0.6) is 0 Å². The van der Waals surface area contributed by atoms with Gasteiger partial charge in [0.2, 0.25) is 5.95 Å². The van der Waals surface area contributed by atoms with E-state index in [1.165, 1.54) is 5.56 Å². The summed E-state index contributed by atoms with van der Waals surface area (Å²) in [6.07, 6.45) is 1.72. The van der Waals surface area contributed by atoms with E-state index >= 15 is 0 Å². The minimum Gasteiger partial charge on any atom is -0.365 e. The molecule has 7 heteroatoms. The number of halogens is 1. The van der Waals surface area contributed by atoms with Crippen LogP contribution in [0, 0.1) is 0 Å². The summed E-state index contributed by atoms with van der Waals surface area (Å²) in [6, 6.07) is 8.14. The molecule has 6 nitrogen and oxygen atoms in total. The summed E-state index contributed by atoms with van der Waals surface area (Å²) < 4.78 is 1.06. The van der Waals surface area contributed by atoms with Crippen molar-refractivity contribution in [1.82, 2.24) is 20.2 Å². The fraction of sp³-hybridized carbons (Fsp3) is 0.154. The molecular weight excluding hydrogens is 320 g/mol. The van der Waals surface area contributed by atoms with Crippen LogP contribution in [0.25, 0.3) is 11.0 Å². The third-order valence-corrected chi connectivity index (χ3v) is 3.38. The Morgan fingerprint density at radius 3 is 3.00 bits per heavy atom. The van der Waals surface area contributed by atoms with Gasteiger partial charge in [0.15, 0.2) is 5.65 Å². The molecule has 0 aliphatic rings. The van der Waals surface area contributed by atoms with Crippen LogP contribution in [0.2, 0.25) is 0 Å². The van der Waals surface area contributed by atoms with E-state index in [1.807, 2.05) is 12.1 Å². The van der Waals surface area contributed by atoms with Gasteiger partial charge in [-0.3, -0.25) is 5.10 Å². The second kappa shape index (κ2) is 5.46. The smallest absolute Gasteiger partial charge is 0.226 e. The van der Waals surface area contributed by atoms with Crippen molar-refractivity contribution in [1.29, 1.82) is 0 Å². The number of aromatic amines is 1. The second-order valence-corrected chi connectivity index (χ2v) is 5.18. The van der Waals surface area contributed by atoms with Crippen molar-refractivity contribution in [2.45, 2.75) is 6.54 Å². The molecule has 1 aromatic carbocycles. The molecule has 20 heavy (non-hydrogen) atoms. The predicted octanol–water partition coefficient (Wildman–Crippen LogP) is 2.77. The molecule has 3 N–H and O–H groups in total. The molecule has 0 amide bonds. The first-order valence-corrected chi connectivity index (χ1v) is 6.93. The highest BCUT2D eigenvalue weighted by Crippen LogP contribution is 2.21. The van der Waals surface area contributed by atoms with Crippen molar-refractivity contribution >= 4 is 38.7 Å². The largest absolute Gasteiger partial charge is 0.365 e. The Bertz CT molecular complexity index is 739. The van der Waals surface area contributed by atoms with Crippen LogP contribution >= 0.6 is 15.9 Å². The Morgan fingerprint density at radius 1 is 1.30 bits per heavy atom. The fourth-order valence-corrected chi connectivity index (χ4v) is 2.36. The summed E-state index contributed by atoms with van der Waals surface area (Å²) in [4.78, 5) is 8.72. The lowest BCUT2D eigenvalue weighted by Crippen LogP contribution is -2.05. The van der Waals surface area contributed by atoms with Crippen molar-refractivity contribution in [2.24, 2.45) is 0 Å². The molecule has 2 heterocycles. The van der Waals surface area contributed by atoms with E-state index in [0.717, 1.165) is 15.7 Å². The van der Waals surface area contributed by atoms with Gasteiger partial charge in [0.05, 0.1) is 11.6 Å². The molecule has 0 saturated heterocycles. The molecule has 2 aromatic heterocycles. The van der Waals surface area contributed by atoms with Gasteiger partial charge < -0.3 is 10.6 Å². The average Bonchev–Trinajstić information content (AvgIpc) is 2.93. The lowest BCUT2D eigenvalue weighted by atomic mass is 10.2. The van der Waals surface area contributed by atoms with Gasteiger partial charge in [-0.05, 0) is 17.7 Å². The van der Waals surface area contributed by atoms with Gasteiger partial charge in [0.25, 0.3) is 0 Å². The maximum atomic E-state index is 4.42. The van der Waals surface area contributed by atoms with E-state index < -0.39 is 0 Å². The van der Waals surface area contributed by atoms with Crippen molar-refractivity contribution < 1.29 is 0 Å². The number of H-pyrrole nitrogens is 1. The number of rotatable bonds is 4. The van der Waals surface area contributed by atoms with E-state index in [2.05, 4.69) is 58.9 Å². The van der Waals surface area contributed by atoms with Crippen LogP contribution in [0.1, 0.15) is 5.56 Å². The van der Waals surface area contributed by atoms with Gasteiger partial charge in [0, 0.05) is 18.1 Å². The Balaban J connectivity index is 1.88. The highest BCUT2D eigenvalue weighted by Gasteiger charge is 2.08. The lowest BCUT2D eigenvalue weighted by molar-refractivity contribution is 1.08. The first-order valence-electron chi connectivity index (χ1n) is 6.13. The zero-order chi connectivity index (χ0) is 13.9. The van der Waals surface area contributed by atoms with Crippen LogP contribution in [0.15, 0.2) is 34.9 Å². The molecule has 0 saturated carbocycles. The van der Waals surface area contributed by atoms with Gasteiger partial charge in [-0.15, -0.1) is 0 Å². The molecule has 0 spiro atoms. The van der Waals surface area contributed by atoms with E-state index in [0.29, 0.717) is 18.1 Å². The number of hydrogen-bond donors (Lipinski definition) is 3. The summed E-state index contributed by atoms with van der Waals surface area (Å²) in [5.41, 5.74) is 1.88. The second-order valence-electron chi connectivity index (χ2n) is 4.26. The van der Waals surface area contributed by atoms with E-state index in [1.54, 1.807) is 13.2 Å². The number of hydrogen-bond acceptors (Lipinski definition) is 5. The van der Waals surface area contributed by atoms with Gasteiger partial charge in [-0.1, -0.05) is 28.1 Å². The number of nitrogens with one attached hydrogen (secondary N) is 3. The number of nitrogens with zero attached hydrogens (tertiary/aromatic N) is 3. The summed E-state index contributed by atoms with van der Waals surface area (Å²) in [7, 11) is 1.79. The molecule has 3 aromatic rings. The standard InChI is InChI=1S/C13H13BrN6/c1-15-13-18-11(10-7-17-20-12(10)19-13)16-6-8-3-2-4-9(14)5-8/h2-5,7H,6H2,1H3,(H3,15,16,17,18,19,20). The first-order chi connectivity index (χ1) is 9.76. The van der Waals surface area contributed by atoms with Crippen LogP contribution in [-0.4, -0.2) is 27.2 Å². The first kappa shape index (κ1) is 12.9. The maximum absolute atomic E-state index is 4.42. The maximum Gasteiger partial charge on any atom is 0.226 e. The van der Waals surface area contributed by atoms with Crippen LogP contribution in [-0.2, 0) is 6.54 Å². The number of anilines is 2. The van der Waals surface area contributed by atoms with E-state index in [-0.39, 0.29) is 0 Å². The molecule has 102 valence electrons.